The predicted molar refractivity (Wildman–Crippen MR) is 165 cm³/mol. The normalized spacial score (nSPS) is 21.4. The van der Waals surface area contributed by atoms with E-state index in [1.165, 1.54) is 6.07 Å². The number of pyridine rings is 2. The van der Waals surface area contributed by atoms with Crippen molar-refractivity contribution in [1.29, 1.82) is 0 Å². The highest BCUT2D eigenvalue weighted by Crippen LogP contribution is 2.49. The van der Waals surface area contributed by atoms with Crippen LogP contribution in [0, 0.1) is 5.82 Å². The minimum Gasteiger partial charge on any atom is -0.508 e. The van der Waals surface area contributed by atoms with E-state index in [0.29, 0.717) is 64.4 Å². The van der Waals surface area contributed by atoms with Crippen LogP contribution >= 0.6 is 11.6 Å². The van der Waals surface area contributed by atoms with Crippen molar-refractivity contribution in [3.63, 3.8) is 0 Å². The summed E-state index contributed by atoms with van der Waals surface area (Å²) in [7, 11) is 1.74. The van der Waals surface area contributed by atoms with Gasteiger partial charge in [0.25, 0.3) is 5.91 Å². The van der Waals surface area contributed by atoms with Gasteiger partial charge >= 0.3 is 0 Å². The van der Waals surface area contributed by atoms with Crippen LogP contribution < -0.4 is 19.9 Å². The highest BCUT2D eigenvalue weighted by atomic mass is 35.5. The standard InChI is InChI=1S/C32H32ClFN6O3/c1-38-29-28(40-12-9-35-16-23(40)31(38)42)21-15-36-26(20-14-19(41)13-18-5-2-6-22(33)24(18)20)25(34)27(21)37-30(29)43-17-32-7-3-10-39(32)11-4-8-32/h2,5-6,13-15,23,35,41H,3-4,7-12,16-17H2,1H3. The molecule has 1 atom stereocenters. The van der Waals surface area contributed by atoms with Gasteiger partial charge in [0.05, 0.1) is 11.2 Å². The minimum atomic E-state index is -0.635. The van der Waals surface area contributed by atoms with Gasteiger partial charge in [-0.3, -0.25) is 14.7 Å². The first-order chi connectivity index (χ1) is 20.9. The summed E-state index contributed by atoms with van der Waals surface area (Å²) in [5.41, 5.74) is 1.72. The number of hydrogen-bond donors (Lipinski definition) is 2. The molecule has 1 unspecified atom stereocenters. The number of carbonyl (C=O) groups excluding carboxylic acids is 1. The molecule has 0 bridgehead atoms. The maximum absolute atomic E-state index is 16.8. The fourth-order valence-corrected chi connectivity index (χ4v) is 8.05. The van der Waals surface area contributed by atoms with E-state index in [0.717, 1.165) is 38.8 Å². The number of aromatic nitrogens is 2. The molecular weight excluding hydrogens is 571 g/mol. The van der Waals surface area contributed by atoms with Crippen molar-refractivity contribution in [3.05, 3.63) is 47.4 Å². The molecule has 2 N–H and O–H groups in total. The third-order valence-corrected chi connectivity index (χ3v) is 10.1. The van der Waals surface area contributed by atoms with Gasteiger partial charge in [0.15, 0.2) is 5.82 Å². The maximum Gasteiger partial charge on any atom is 0.250 e. The van der Waals surface area contributed by atoms with Gasteiger partial charge < -0.3 is 25.0 Å². The first-order valence-corrected chi connectivity index (χ1v) is 15.3. The average Bonchev–Trinajstić information content (AvgIpc) is 3.59. The summed E-state index contributed by atoms with van der Waals surface area (Å²) in [6.07, 6.45) is 5.96. The molecule has 6 heterocycles. The summed E-state index contributed by atoms with van der Waals surface area (Å²) < 4.78 is 23.4. The second kappa shape index (κ2) is 9.90. The van der Waals surface area contributed by atoms with Crippen LogP contribution in [0.15, 0.2) is 36.5 Å². The van der Waals surface area contributed by atoms with Gasteiger partial charge in [0.1, 0.15) is 35.3 Å². The lowest BCUT2D eigenvalue weighted by molar-refractivity contribution is -0.120. The van der Waals surface area contributed by atoms with Gasteiger partial charge in [0.2, 0.25) is 5.88 Å². The van der Waals surface area contributed by atoms with Crippen LogP contribution in [-0.2, 0) is 4.79 Å². The molecule has 4 aromatic rings. The van der Waals surface area contributed by atoms with Crippen molar-refractivity contribution in [1.82, 2.24) is 20.2 Å². The molecule has 2 aromatic carbocycles. The summed E-state index contributed by atoms with van der Waals surface area (Å²) in [6, 6.07) is 7.98. The number of phenolic OH excluding ortho intramolecular Hbond substituents is 1. The average molecular weight is 603 g/mol. The summed E-state index contributed by atoms with van der Waals surface area (Å²) >= 11 is 6.59. The molecule has 9 nitrogen and oxygen atoms in total. The number of halogens is 2. The molecule has 0 radical (unpaired) electrons. The second-order valence-corrected chi connectivity index (χ2v) is 12.6. The zero-order valence-electron chi connectivity index (χ0n) is 23.9. The second-order valence-electron chi connectivity index (χ2n) is 12.1. The first-order valence-electron chi connectivity index (χ1n) is 14.9. The predicted octanol–water partition coefficient (Wildman–Crippen LogP) is 4.71. The van der Waals surface area contributed by atoms with E-state index >= 15 is 4.39 Å². The Bertz CT molecular complexity index is 1810. The Labute approximate surface area is 253 Å². The number of anilines is 2. The zero-order chi connectivity index (χ0) is 29.5. The number of fused-ring (bicyclic) bond motifs is 7. The molecule has 3 fully saturated rings. The SMILES string of the molecule is CN1C(=O)C2CNCCN2c2c1c(OCC13CCCN1CCC3)nc1c(F)c(-c3cc(O)cc4cccc(Cl)c34)ncc21. The number of phenols is 1. The first kappa shape index (κ1) is 26.9. The number of ether oxygens (including phenoxy) is 1. The van der Waals surface area contributed by atoms with Crippen molar-refractivity contribution >= 4 is 50.6 Å². The number of amides is 1. The van der Waals surface area contributed by atoms with Gasteiger partial charge in [-0.1, -0.05) is 23.7 Å². The van der Waals surface area contributed by atoms with Crippen LogP contribution in [0.25, 0.3) is 32.9 Å². The summed E-state index contributed by atoms with van der Waals surface area (Å²) in [6.45, 7) is 4.28. The molecule has 4 aliphatic rings. The molecule has 1 amide bonds. The van der Waals surface area contributed by atoms with Crippen LogP contribution in [0.3, 0.4) is 0 Å². The van der Waals surface area contributed by atoms with Gasteiger partial charge in [-0.25, -0.2) is 9.37 Å². The van der Waals surface area contributed by atoms with E-state index in [1.54, 1.807) is 36.3 Å². The number of carbonyl (C=O) groups is 1. The van der Waals surface area contributed by atoms with Gasteiger partial charge in [0, 0.05) is 54.2 Å². The molecule has 222 valence electrons. The number of rotatable bonds is 4. The quantitative estimate of drug-likeness (QED) is 0.347. The molecule has 4 aliphatic heterocycles. The summed E-state index contributed by atoms with van der Waals surface area (Å²) in [4.78, 5) is 29.1. The zero-order valence-corrected chi connectivity index (χ0v) is 24.6. The number of aromatic hydroxyl groups is 1. The smallest absolute Gasteiger partial charge is 0.250 e. The van der Waals surface area contributed by atoms with E-state index in [1.807, 2.05) is 11.0 Å². The molecule has 3 saturated heterocycles. The van der Waals surface area contributed by atoms with E-state index in [4.69, 9.17) is 21.3 Å². The van der Waals surface area contributed by atoms with E-state index in [2.05, 4.69) is 15.2 Å². The fourth-order valence-electron chi connectivity index (χ4n) is 7.77. The monoisotopic (exact) mass is 602 g/mol. The van der Waals surface area contributed by atoms with E-state index < -0.39 is 11.9 Å². The number of piperazine rings is 1. The Morgan fingerprint density at radius 3 is 2.81 bits per heavy atom. The van der Waals surface area contributed by atoms with Gasteiger partial charge in [-0.2, -0.15) is 0 Å². The lowest BCUT2D eigenvalue weighted by Gasteiger charge is -2.45. The Kier molecular flexibility index (Phi) is 6.19. The molecule has 0 aliphatic carbocycles. The molecular formula is C32H32ClFN6O3. The third-order valence-electron chi connectivity index (χ3n) is 9.83. The van der Waals surface area contributed by atoms with Crippen LogP contribution in [0.1, 0.15) is 25.7 Å². The van der Waals surface area contributed by atoms with Crippen molar-refractivity contribution in [3.8, 4) is 22.9 Å². The topological polar surface area (TPSA) is 94.1 Å². The van der Waals surface area contributed by atoms with Gasteiger partial charge in [-0.15, -0.1) is 0 Å². The minimum absolute atomic E-state index is 0.0192. The molecule has 8 rings (SSSR count). The number of nitrogens with one attached hydrogen (secondary N) is 1. The van der Waals surface area contributed by atoms with Crippen molar-refractivity contribution in [2.24, 2.45) is 0 Å². The number of nitrogens with zero attached hydrogens (tertiary/aromatic N) is 5. The number of hydrogen-bond acceptors (Lipinski definition) is 8. The Balaban J connectivity index is 1.35. The van der Waals surface area contributed by atoms with Crippen LogP contribution in [0.2, 0.25) is 5.02 Å². The molecule has 0 saturated carbocycles. The van der Waals surface area contributed by atoms with Gasteiger partial charge in [-0.05, 0) is 62.4 Å². The highest BCUT2D eigenvalue weighted by molar-refractivity contribution is 6.36. The molecule has 43 heavy (non-hydrogen) atoms. The van der Waals surface area contributed by atoms with E-state index in [-0.39, 0.29) is 34.3 Å². The summed E-state index contributed by atoms with van der Waals surface area (Å²) in [5, 5.41) is 16.0. The highest BCUT2D eigenvalue weighted by Gasteiger charge is 2.46. The third kappa shape index (κ3) is 3.99. The molecule has 2 aromatic heterocycles. The van der Waals surface area contributed by atoms with Crippen LogP contribution in [0.4, 0.5) is 15.8 Å². The lowest BCUT2D eigenvalue weighted by atomic mass is 9.95. The molecule has 11 heteroatoms. The fraction of sp³-hybridized carbons (Fsp3) is 0.406. The largest absolute Gasteiger partial charge is 0.508 e. The van der Waals surface area contributed by atoms with Crippen molar-refractivity contribution in [2.75, 3.05) is 56.2 Å². The Morgan fingerprint density at radius 2 is 2.00 bits per heavy atom. The summed E-state index contributed by atoms with van der Waals surface area (Å²) in [5.74, 6) is -0.463. The Hall–Kier alpha value is -3.73. The molecule has 0 spiro atoms. The lowest BCUT2D eigenvalue weighted by Crippen LogP contribution is -2.61. The van der Waals surface area contributed by atoms with Crippen LogP contribution in [-0.4, -0.2) is 83.8 Å². The van der Waals surface area contributed by atoms with Crippen molar-refractivity contribution < 1.29 is 19.0 Å². The van der Waals surface area contributed by atoms with Crippen LogP contribution in [0.5, 0.6) is 11.6 Å². The Morgan fingerprint density at radius 1 is 1.19 bits per heavy atom. The van der Waals surface area contributed by atoms with E-state index in [9.17, 15) is 9.90 Å². The van der Waals surface area contributed by atoms with Crippen molar-refractivity contribution in [2.45, 2.75) is 37.3 Å². The maximum atomic E-state index is 16.8. The number of benzene rings is 2. The number of likely N-dealkylation sites (N-methyl/N-ethyl adjacent to an activating group) is 1.